The van der Waals surface area contributed by atoms with E-state index in [9.17, 15) is 4.79 Å². The van der Waals surface area contributed by atoms with Crippen molar-refractivity contribution in [2.24, 2.45) is 0 Å². The van der Waals surface area contributed by atoms with Gasteiger partial charge < -0.3 is 20.1 Å². The molecule has 0 heterocycles. The average Bonchev–Trinajstić information content (AvgIpc) is 2.50. The molecule has 0 fully saturated rings. The van der Waals surface area contributed by atoms with Gasteiger partial charge in [0.25, 0.3) is 0 Å². The van der Waals surface area contributed by atoms with Gasteiger partial charge in [-0.3, -0.25) is 0 Å². The SMILES string of the molecule is CCOCc1ccccc1NC(=O)NCCCCCOC. The van der Waals surface area contributed by atoms with Crippen molar-refractivity contribution in [3.63, 3.8) is 0 Å². The number of rotatable bonds is 10. The van der Waals surface area contributed by atoms with Crippen LogP contribution in [0.15, 0.2) is 24.3 Å². The van der Waals surface area contributed by atoms with Gasteiger partial charge in [-0.2, -0.15) is 0 Å². The number of hydrogen-bond acceptors (Lipinski definition) is 3. The van der Waals surface area contributed by atoms with E-state index in [0.29, 0.717) is 19.8 Å². The zero-order valence-corrected chi connectivity index (χ0v) is 13.0. The Balaban J connectivity index is 2.30. The van der Waals surface area contributed by atoms with Gasteiger partial charge in [-0.25, -0.2) is 4.79 Å². The number of amides is 2. The fourth-order valence-electron chi connectivity index (χ4n) is 1.90. The van der Waals surface area contributed by atoms with Crippen LogP contribution in [0.3, 0.4) is 0 Å². The molecule has 1 aromatic rings. The minimum absolute atomic E-state index is 0.175. The van der Waals surface area contributed by atoms with E-state index in [2.05, 4.69) is 10.6 Å². The summed E-state index contributed by atoms with van der Waals surface area (Å²) >= 11 is 0. The first-order chi connectivity index (χ1) is 10.3. The topological polar surface area (TPSA) is 59.6 Å². The lowest BCUT2D eigenvalue weighted by Crippen LogP contribution is -2.30. The number of ether oxygens (including phenoxy) is 2. The van der Waals surface area contributed by atoms with Crippen molar-refractivity contribution in [2.75, 3.05) is 32.2 Å². The summed E-state index contributed by atoms with van der Waals surface area (Å²) in [7, 11) is 1.70. The van der Waals surface area contributed by atoms with Crippen LogP contribution in [-0.2, 0) is 16.1 Å². The molecule has 0 bridgehead atoms. The van der Waals surface area contributed by atoms with Gasteiger partial charge in [0.2, 0.25) is 0 Å². The third-order valence-electron chi connectivity index (χ3n) is 3.04. The van der Waals surface area contributed by atoms with Gasteiger partial charge in [-0.05, 0) is 32.3 Å². The number of carbonyl (C=O) groups excluding carboxylic acids is 1. The van der Waals surface area contributed by atoms with Crippen LogP contribution < -0.4 is 10.6 Å². The third-order valence-corrected chi connectivity index (χ3v) is 3.04. The maximum absolute atomic E-state index is 11.8. The van der Waals surface area contributed by atoms with Crippen LogP contribution in [-0.4, -0.2) is 32.9 Å². The molecule has 2 amide bonds. The first-order valence-corrected chi connectivity index (χ1v) is 7.47. The minimum atomic E-state index is -0.175. The smallest absolute Gasteiger partial charge is 0.319 e. The molecule has 0 atom stereocenters. The molecule has 1 aromatic carbocycles. The van der Waals surface area contributed by atoms with E-state index in [-0.39, 0.29) is 6.03 Å². The molecule has 1 rings (SSSR count). The molecule has 0 aliphatic heterocycles. The van der Waals surface area contributed by atoms with E-state index in [1.54, 1.807) is 7.11 Å². The number of unbranched alkanes of at least 4 members (excludes halogenated alkanes) is 2. The second-order valence-corrected chi connectivity index (χ2v) is 4.73. The Hall–Kier alpha value is -1.59. The number of para-hydroxylation sites is 1. The molecule has 0 unspecified atom stereocenters. The van der Waals surface area contributed by atoms with Gasteiger partial charge >= 0.3 is 6.03 Å². The average molecular weight is 294 g/mol. The van der Waals surface area contributed by atoms with Crippen LogP contribution in [0.1, 0.15) is 31.7 Å². The van der Waals surface area contributed by atoms with Crippen molar-refractivity contribution in [1.29, 1.82) is 0 Å². The summed E-state index contributed by atoms with van der Waals surface area (Å²) in [5, 5.41) is 5.73. The molecule has 0 saturated carbocycles. The summed E-state index contributed by atoms with van der Waals surface area (Å²) in [5.41, 5.74) is 1.78. The molecule has 0 aliphatic carbocycles. The Morgan fingerprint density at radius 1 is 1.19 bits per heavy atom. The Morgan fingerprint density at radius 2 is 2.00 bits per heavy atom. The summed E-state index contributed by atoms with van der Waals surface area (Å²) in [5.74, 6) is 0. The molecule has 118 valence electrons. The monoisotopic (exact) mass is 294 g/mol. The number of nitrogens with one attached hydrogen (secondary N) is 2. The Labute approximate surface area is 127 Å². The van der Waals surface area contributed by atoms with Crippen molar-refractivity contribution in [2.45, 2.75) is 32.8 Å². The molecule has 0 spiro atoms. The van der Waals surface area contributed by atoms with Crippen LogP contribution >= 0.6 is 0 Å². The van der Waals surface area contributed by atoms with Gasteiger partial charge in [0.15, 0.2) is 0 Å². The van der Waals surface area contributed by atoms with E-state index < -0.39 is 0 Å². The lowest BCUT2D eigenvalue weighted by molar-refractivity contribution is 0.134. The highest BCUT2D eigenvalue weighted by Gasteiger charge is 2.05. The molecule has 0 aliphatic rings. The molecule has 21 heavy (non-hydrogen) atoms. The second-order valence-electron chi connectivity index (χ2n) is 4.73. The van der Waals surface area contributed by atoms with Crippen LogP contribution in [0.2, 0.25) is 0 Å². The largest absolute Gasteiger partial charge is 0.385 e. The Morgan fingerprint density at radius 3 is 2.76 bits per heavy atom. The van der Waals surface area contributed by atoms with E-state index >= 15 is 0 Å². The standard InChI is InChI=1S/C16H26N2O3/c1-3-21-13-14-9-5-6-10-15(14)18-16(19)17-11-7-4-8-12-20-2/h5-6,9-10H,3-4,7-8,11-13H2,1-2H3,(H2,17,18,19). The predicted molar refractivity (Wildman–Crippen MR) is 84.5 cm³/mol. The van der Waals surface area contributed by atoms with Crippen molar-refractivity contribution in [1.82, 2.24) is 5.32 Å². The Kier molecular flexibility index (Phi) is 9.24. The third kappa shape index (κ3) is 7.68. The van der Waals surface area contributed by atoms with Crippen molar-refractivity contribution < 1.29 is 14.3 Å². The van der Waals surface area contributed by atoms with Gasteiger partial charge in [-0.15, -0.1) is 0 Å². The zero-order valence-electron chi connectivity index (χ0n) is 13.0. The minimum Gasteiger partial charge on any atom is -0.385 e. The van der Waals surface area contributed by atoms with Crippen LogP contribution in [0.25, 0.3) is 0 Å². The summed E-state index contributed by atoms with van der Waals surface area (Å²) in [6.07, 6.45) is 3.03. The van der Waals surface area contributed by atoms with E-state index in [1.165, 1.54) is 0 Å². The summed E-state index contributed by atoms with van der Waals surface area (Å²) < 4.78 is 10.4. The summed E-state index contributed by atoms with van der Waals surface area (Å²) in [6, 6.07) is 7.50. The first-order valence-electron chi connectivity index (χ1n) is 7.47. The van der Waals surface area contributed by atoms with Gasteiger partial charge in [0.05, 0.1) is 6.61 Å². The highest BCUT2D eigenvalue weighted by Crippen LogP contribution is 2.15. The van der Waals surface area contributed by atoms with Crippen LogP contribution in [0, 0.1) is 0 Å². The first kappa shape index (κ1) is 17.5. The van der Waals surface area contributed by atoms with Gasteiger partial charge in [-0.1, -0.05) is 18.2 Å². The van der Waals surface area contributed by atoms with Crippen LogP contribution in [0.4, 0.5) is 10.5 Å². The zero-order chi connectivity index (χ0) is 15.3. The number of urea groups is 1. The number of anilines is 1. The molecule has 2 N–H and O–H groups in total. The molecule has 0 saturated heterocycles. The normalized spacial score (nSPS) is 10.4. The second kappa shape index (κ2) is 11.1. The predicted octanol–water partition coefficient (Wildman–Crippen LogP) is 3.16. The molecule has 0 aromatic heterocycles. The maximum Gasteiger partial charge on any atom is 0.319 e. The number of benzene rings is 1. The van der Waals surface area contributed by atoms with E-state index in [1.807, 2.05) is 31.2 Å². The quantitative estimate of drug-likeness (QED) is 0.652. The number of methoxy groups -OCH3 is 1. The molecular formula is C16H26N2O3. The van der Waals surface area contributed by atoms with Crippen LogP contribution in [0.5, 0.6) is 0 Å². The fraction of sp³-hybridized carbons (Fsp3) is 0.562. The Bertz CT molecular complexity index is 410. The maximum atomic E-state index is 11.8. The summed E-state index contributed by atoms with van der Waals surface area (Å²) in [6.45, 7) is 4.55. The molecule has 0 radical (unpaired) electrons. The lowest BCUT2D eigenvalue weighted by atomic mass is 10.2. The highest BCUT2D eigenvalue weighted by atomic mass is 16.5. The molecule has 5 nitrogen and oxygen atoms in total. The van der Waals surface area contributed by atoms with Gasteiger partial charge in [0, 0.05) is 38.1 Å². The summed E-state index contributed by atoms with van der Waals surface area (Å²) in [4.78, 5) is 11.8. The lowest BCUT2D eigenvalue weighted by Gasteiger charge is -2.12. The van der Waals surface area contributed by atoms with Crippen molar-refractivity contribution in [3.05, 3.63) is 29.8 Å². The molecule has 5 heteroatoms. The number of carbonyl (C=O) groups is 1. The van der Waals surface area contributed by atoms with E-state index in [0.717, 1.165) is 37.1 Å². The van der Waals surface area contributed by atoms with Crippen molar-refractivity contribution in [3.8, 4) is 0 Å². The van der Waals surface area contributed by atoms with Crippen molar-refractivity contribution >= 4 is 11.7 Å². The number of hydrogen-bond donors (Lipinski definition) is 2. The fourth-order valence-corrected chi connectivity index (χ4v) is 1.90. The highest BCUT2D eigenvalue weighted by molar-refractivity contribution is 5.90. The van der Waals surface area contributed by atoms with Gasteiger partial charge in [0.1, 0.15) is 0 Å². The van der Waals surface area contributed by atoms with E-state index in [4.69, 9.17) is 9.47 Å². The molecular weight excluding hydrogens is 268 g/mol.